The molecule has 1 heterocycles. The fourth-order valence-corrected chi connectivity index (χ4v) is 2.06. The Morgan fingerprint density at radius 1 is 0.909 bits per heavy atom. The third kappa shape index (κ3) is 3.67. The Labute approximate surface area is 129 Å². The van der Waals surface area contributed by atoms with Crippen molar-refractivity contribution in [3.8, 4) is 17.2 Å². The van der Waals surface area contributed by atoms with Gasteiger partial charge in [0, 0.05) is 6.07 Å². The molecule has 4 heteroatoms. The summed E-state index contributed by atoms with van der Waals surface area (Å²) in [5.74, 6) is 3.06. The van der Waals surface area contributed by atoms with Gasteiger partial charge in [-0.2, -0.15) is 0 Å². The lowest BCUT2D eigenvalue weighted by molar-refractivity contribution is 0.248. The Kier molecular flexibility index (Phi) is 4.10. The molecule has 0 unspecified atom stereocenters. The number of hydrogen-bond donors (Lipinski definition) is 0. The van der Waals surface area contributed by atoms with Gasteiger partial charge in [0.2, 0.25) is 0 Å². The molecule has 3 rings (SSSR count). The first-order valence-electron chi connectivity index (χ1n) is 7.08. The van der Waals surface area contributed by atoms with Gasteiger partial charge in [0.25, 0.3) is 0 Å². The van der Waals surface area contributed by atoms with Gasteiger partial charge in [0.1, 0.15) is 23.9 Å². The maximum absolute atomic E-state index is 5.80. The highest BCUT2D eigenvalue weighted by molar-refractivity contribution is 5.36. The highest BCUT2D eigenvalue weighted by atomic mass is 16.5. The van der Waals surface area contributed by atoms with Crippen molar-refractivity contribution in [2.24, 2.45) is 0 Å². The van der Waals surface area contributed by atoms with Crippen LogP contribution in [-0.4, -0.2) is 5.16 Å². The minimum Gasteiger partial charge on any atom is -0.486 e. The number of nitrogens with zero attached hydrogens (tertiary/aromatic N) is 1. The molecule has 1 aromatic heterocycles. The van der Waals surface area contributed by atoms with E-state index in [1.165, 1.54) is 5.56 Å². The number of benzene rings is 2. The van der Waals surface area contributed by atoms with Crippen LogP contribution in [0.25, 0.3) is 0 Å². The molecular formula is C18H17NO3. The Hall–Kier alpha value is -2.75. The highest BCUT2D eigenvalue weighted by Gasteiger charge is 2.03. The minimum absolute atomic E-state index is 0.360. The zero-order valence-corrected chi connectivity index (χ0v) is 12.6. The van der Waals surface area contributed by atoms with E-state index >= 15 is 0 Å². The Balaban J connectivity index is 1.60. The third-order valence-electron chi connectivity index (χ3n) is 3.11. The van der Waals surface area contributed by atoms with E-state index in [0.717, 1.165) is 22.9 Å². The van der Waals surface area contributed by atoms with E-state index in [-0.39, 0.29) is 0 Å². The van der Waals surface area contributed by atoms with Crippen LogP contribution in [0.4, 0.5) is 0 Å². The van der Waals surface area contributed by atoms with Gasteiger partial charge in [-0.15, -0.1) is 0 Å². The molecular weight excluding hydrogens is 278 g/mol. The van der Waals surface area contributed by atoms with Gasteiger partial charge in [0.05, 0.1) is 5.69 Å². The van der Waals surface area contributed by atoms with Gasteiger partial charge in [0.15, 0.2) is 5.76 Å². The van der Waals surface area contributed by atoms with E-state index in [1.54, 1.807) is 0 Å². The van der Waals surface area contributed by atoms with Crippen molar-refractivity contribution in [1.29, 1.82) is 0 Å². The molecule has 0 spiro atoms. The lowest BCUT2D eigenvalue weighted by atomic mass is 10.2. The average Bonchev–Trinajstić information content (AvgIpc) is 2.92. The SMILES string of the molecule is Cc1cccc(Oc2ccc(OCc3cc(C)no3)cc2)c1. The fraction of sp³-hybridized carbons (Fsp3) is 0.167. The summed E-state index contributed by atoms with van der Waals surface area (Å²) >= 11 is 0. The predicted octanol–water partition coefficient (Wildman–Crippen LogP) is 4.66. The van der Waals surface area contributed by atoms with Crippen LogP contribution < -0.4 is 9.47 Å². The van der Waals surface area contributed by atoms with Crippen molar-refractivity contribution in [2.45, 2.75) is 20.5 Å². The van der Waals surface area contributed by atoms with Gasteiger partial charge in [-0.05, 0) is 55.8 Å². The zero-order chi connectivity index (χ0) is 15.4. The minimum atomic E-state index is 0.360. The highest BCUT2D eigenvalue weighted by Crippen LogP contribution is 2.24. The molecule has 0 aliphatic heterocycles. The molecule has 0 saturated carbocycles. The van der Waals surface area contributed by atoms with Gasteiger partial charge in [-0.25, -0.2) is 0 Å². The molecule has 0 amide bonds. The standard InChI is InChI=1S/C18H17NO3/c1-13-4-3-5-17(10-13)21-16-8-6-15(7-9-16)20-12-18-11-14(2)19-22-18/h3-11H,12H2,1-2H3. The first-order chi connectivity index (χ1) is 10.7. The summed E-state index contributed by atoms with van der Waals surface area (Å²) in [5, 5.41) is 3.82. The molecule has 0 fully saturated rings. The quantitative estimate of drug-likeness (QED) is 0.686. The topological polar surface area (TPSA) is 44.5 Å². The van der Waals surface area contributed by atoms with E-state index in [4.69, 9.17) is 14.0 Å². The van der Waals surface area contributed by atoms with Crippen molar-refractivity contribution >= 4 is 0 Å². The molecule has 0 atom stereocenters. The molecule has 0 N–H and O–H groups in total. The summed E-state index contributed by atoms with van der Waals surface area (Å²) in [6.45, 7) is 4.28. The lowest BCUT2D eigenvalue weighted by Gasteiger charge is -2.08. The fourth-order valence-electron chi connectivity index (χ4n) is 2.06. The predicted molar refractivity (Wildman–Crippen MR) is 83.3 cm³/mol. The van der Waals surface area contributed by atoms with Gasteiger partial charge >= 0.3 is 0 Å². The first-order valence-corrected chi connectivity index (χ1v) is 7.08. The van der Waals surface area contributed by atoms with Gasteiger partial charge in [-0.1, -0.05) is 17.3 Å². The number of aryl methyl sites for hydroxylation is 2. The van der Waals surface area contributed by atoms with Crippen molar-refractivity contribution in [1.82, 2.24) is 5.16 Å². The Morgan fingerprint density at radius 2 is 1.68 bits per heavy atom. The molecule has 0 aliphatic rings. The van der Waals surface area contributed by atoms with E-state index < -0.39 is 0 Å². The number of hydrogen-bond acceptors (Lipinski definition) is 4. The van der Waals surface area contributed by atoms with Crippen molar-refractivity contribution in [3.63, 3.8) is 0 Å². The third-order valence-corrected chi connectivity index (χ3v) is 3.11. The number of aromatic nitrogens is 1. The summed E-state index contributed by atoms with van der Waals surface area (Å²) < 4.78 is 16.5. The van der Waals surface area contributed by atoms with Crippen LogP contribution in [0.15, 0.2) is 59.1 Å². The summed E-state index contributed by atoms with van der Waals surface area (Å²) in [6.07, 6.45) is 0. The second-order valence-electron chi connectivity index (χ2n) is 5.11. The summed E-state index contributed by atoms with van der Waals surface area (Å²) in [5.41, 5.74) is 2.01. The number of rotatable bonds is 5. The van der Waals surface area contributed by atoms with Crippen molar-refractivity contribution in [2.75, 3.05) is 0 Å². The zero-order valence-electron chi connectivity index (χ0n) is 12.6. The molecule has 112 valence electrons. The average molecular weight is 295 g/mol. The van der Waals surface area contributed by atoms with Crippen LogP contribution in [0.1, 0.15) is 17.0 Å². The van der Waals surface area contributed by atoms with Crippen LogP contribution in [0.3, 0.4) is 0 Å². The Bertz CT molecular complexity index is 747. The second-order valence-corrected chi connectivity index (χ2v) is 5.11. The maximum atomic E-state index is 5.80. The van der Waals surface area contributed by atoms with Crippen LogP contribution in [0.2, 0.25) is 0 Å². The summed E-state index contributed by atoms with van der Waals surface area (Å²) in [6, 6.07) is 17.3. The number of ether oxygens (including phenoxy) is 2. The van der Waals surface area contributed by atoms with E-state index in [0.29, 0.717) is 12.4 Å². The van der Waals surface area contributed by atoms with Gasteiger partial charge < -0.3 is 14.0 Å². The van der Waals surface area contributed by atoms with E-state index in [2.05, 4.69) is 5.16 Å². The molecule has 3 aromatic rings. The molecule has 0 saturated heterocycles. The second kappa shape index (κ2) is 6.35. The molecule has 4 nitrogen and oxygen atoms in total. The lowest BCUT2D eigenvalue weighted by Crippen LogP contribution is -1.93. The molecule has 2 aromatic carbocycles. The van der Waals surface area contributed by atoms with Crippen molar-refractivity contribution in [3.05, 3.63) is 71.6 Å². The van der Waals surface area contributed by atoms with Crippen molar-refractivity contribution < 1.29 is 14.0 Å². The smallest absolute Gasteiger partial charge is 0.174 e. The van der Waals surface area contributed by atoms with Crippen LogP contribution in [0.5, 0.6) is 17.2 Å². The van der Waals surface area contributed by atoms with E-state index in [1.807, 2.05) is 68.4 Å². The monoisotopic (exact) mass is 295 g/mol. The van der Waals surface area contributed by atoms with E-state index in [9.17, 15) is 0 Å². The molecule has 0 radical (unpaired) electrons. The van der Waals surface area contributed by atoms with Crippen LogP contribution >= 0.6 is 0 Å². The Morgan fingerprint density at radius 3 is 2.36 bits per heavy atom. The molecule has 0 aliphatic carbocycles. The van der Waals surface area contributed by atoms with Gasteiger partial charge in [-0.3, -0.25) is 0 Å². The normalized spacial score (nSPS) is 10.5. The first kappa shape index (κ1) is 14.2. The summed E-state index contributed by atoms with van der Waals surface area (Å²) in [7, 11) is 0. The molecule has 22 heavy (non-hydrogen) atoms. The van der Waals surface area contributed by atoms with Crippen LogP contribution in [-0.2, 0) is 6.61 Å². The summed E-state index contributed by atoms with van der Waals surface area (Å²) in [4.78, 5) is 0. The van der Waals surface area contributed by atoms with Crippen LogP contribution in [0, 0.1) is 13.8 Å². The molecule has 0 bridgehead atoms. The largest absolute Gasteiger partial charge is 0.486 e. The maximum Gasteiger partial charge on any atom is 0.174 e.